The number of H-pyrrole nitrogens is 2. The number of esters is 1. The molecule has 0 bridgehead atoms. The van der Waals surface area contributed by atoms with Gasteiger partial charge in [0.05, 0.1) is 18.1 Å². The summed E-state index contributed by atoms with van der Waals surface area (Å²) in [5.41, 5.74) is 3.85. The Bertz CT molecular complexity index is 1210. The van der Waals surface area contributed by atoms with Gasteiger partial charge in [-0.3, -0.25) is 0 Å². The molecule has 0 saturated heterocycles. The molecular formula is C23H21LiN2O5. The second-order valence-electron chi connectivity index (χ2n) is 6.11. The van der Waals surface area contributed by atoms with Crippen molar-refractivity contribution in [3.8, 4) is 0 Å². The van der Waals surface area contributed by atoms with Crippen molar-refractivity contribution in [2.45, 2.75) is 0 Å². The number of hydrogen-bond donors (Lipinski definition) is 3. The van der Waals surface area contributed by atoms with E-state index in [0.717, 1.165) is 39.0 Å². The fourth-order valence-electron chi connectivity index (χ4n) is 2.88. The third kappa shape index (κ3) is 6.76. The Morgan fingerprint density at radius 2 is 1.32 bits per heavy atom. The van der Waals surface area contributed by atoms with Gasteiger partial charge < -0.3 is 25.3 Å². The van der Waals surface area contributed by atoms with Gasteiger partial charge in [-0.25, -0.2) is 9.59 Å². The van der Waals surface area contributed by atoms with Gasteiger partial charge in [-0.2, -0.15) is 0 Å². The first-order valence-corrected chi connectivity index (χ1v) is 8.87. The Labute approximate surface area is 190 Å². The number of aromatic nitrogens is 2. The molecule has 31 heavy (non-hydrogen) atoms. The molecular weight excluding hydrogens is 391 g/mol. The zero-order valence-electron chi connectivity index (χ0n) is 17.2. The number of benzene rings is 2. The predicted molar refractivity (Wildman–Crippen MR) is 116 cm³/mol. The molecule has 4 rings (SSSR count). The molecule has 154 valence electrons. The fourth-order valence-corrected chi connectivity index (χ4v) is 2.88. The number of para-hydroxylation sites is 2. The van der Waals surface area contributed by atoms with Crippen LogP contribution in [-0.4, -0.2) is 39.6 Å². The molecule has 0 spiro atoms. The molecule has 0 amide bonds. The van der Waals surface area contributed by atoms with E-state index in [-0.39, 0.29) is 30.3 Å². The van der Waals surface area contributed by atoms with E-state index in [1.54, 1.807) is 12.2 Å². The van der Waals surface area contributed by atoms with Crippen LogP contribution in [-0.2, 0) is 14.3 Å². The number of nitrogens with one attached hydrogen (secondary N) is 2. The molecule has 4 N–H and O–H groups in total. The summed E-state index contributed by atoms with van der Waals surface area (Å²) in [5.74, 6) is -1.29. The molecule has 0 aliphatic carbocycles. The van der Waals surface area contributed by atoms with Crippen molar-refractivity contribution in [3.05, 3.63) is 84.2 Å². The van der Waals surface area contributed by atoms with Gasteiger partial charge in [-0.15, -0.1) is 0 Å². The maximum Gasteiger partial charge on any atom is 1.00 e. The van der Waals surface area contributed by atoms with Gasteiger partial charge in [-0.1, -0.05) is 36.4 Å². The van der Waals surface area contributed by atoms with Crippen molar-refractivity contribution < 1.29 is 43.8 Å². The van der Waals surface area contributed by atoms with Gasteiger partial charge in [0.2, 0.25) is 0 Å². The molecule has 0 saturated carbocycles. The summed E-state index contributed by atoms with van der Waals surface area (Å²) in [6.07, 6.45) is 9.58. The monoisotopic (exact) mass is 412 g/mol. The quantitative estimate of drug-likeness (QED) is 0.266. The van der Waals surface area contributed by atoms with Gasteiger partial charge in [-0.05, 0) is 46.2 Å². The van der Waals surface area contributed by atoms with E-state index in [1.165, 1.54) is 13.2 Å². The first-order valence-electron chi connectivity index (χ1n) is 8.87. The van der Waals surface area contributed by atoms with Crippen molar-refractivity contribution in [2.24, 2.45) is 0 Å². The average Bonchev–Trinajstić information content (AvgIpc) is 3.40. The zero-order valence-corrected chi connectivity index (χ0v) is 17.2. The minimum atomic E-state index is -0.937. The minimum Gasteiger partial charge on any atom is -0.870 e. The average molecular weight is 412 g/mol. The van der Waals surface area contributed by atoms with E-state index in [4.69, 9.17) is 5.11 Å². The van der Waals surface area contributed by atoms with Crippen LogP contribution in [0.2, 0.25) is 0 Å². The number of aliphatic carboxylic acids is 1. The molecule has 8 heteroatoms. The number of aromatic amines is 2. The maximum absolute atomic E-state index is 10.9. The van der Waals surface area contributed by atoms with Crippen LogP contribution in [0.3, 0.4) is 0 Å². The van der Waals surface area contributed by atoms with Crippen LogP contribution in [0.4, 0.5) is 0 Å². The maximum atomic E-state index is 10.9. The van der Waals surface area contributed by atoms with Crippen LogP contribution in [0, 0.1) is 0 Å². The standard InChI is InChI=1S/C12H11NO2.C11H9NO2.Li.H2O/c1-15-11(14)6-5-9-3-2-4-10-7-8-13-12(9)10;13-10(14)5-4-8-2-1-3-9-6-7-12-11(8)9;;/h2-8,13H,1H3;1-7,12H,(H,13,14);;1H2/q;;+1;/p-1/b6-5+;5-4+;;. The van der Waals surface area contributed by atoms with Crippen LogP contribution in [0.5, 0.6) is 0 Å². The number of ether oxygens (including phenoxy) is 1. The minimum absolute atomic E-state index is 0. The third-order valence-electron chi connectivity index (χ3n) is 4.24. The number of hydrogen-bond acceptors (Lipinski definition) is 4. The van der Waals surface area contributed by atoms with Crippen molar-refractivity contribution in [1.29, 1.82) is 0 Å². The Morgan fingerprint density at radius 3 is 1.77 bits per heavy atom. The summed E-state index contributed by atoms with van der Waals surface area (Å²) in [6.45, 7) is 0. The second-order valence-corrected chi connectivity index (χ2v) is 6.11. The number of rotatable bonds is 4. The van der Waals surface area contributed by atoms with Gasteiger partial charge in [0.1, 0.15) is 0 Å². The molecule has 2 heterocycles. The largest absolute Gasteiger partial charge is 1.00 e. The summed E-state index contributed by atoms with van der Waals surface area (Å²) in [4.78, 5) is 27.5. The summed E-state index contributed by atoms with van der Waals surface area (Å²) in [7, 11) is 1.36. The topological polar surface area (TPSA) is 125 Å². The molecule has 2 aromatic carbocycles. The van der Waals surface area contributed by atoms with E-state index >= 15 is 0 Å². The number of carbonyl (C=O) groups is 2. The molecule has 0 aliphatic heterocycles. The first-order chi connectivity index (χ1) is 14.1. The number of carboxylic acids is 1. The van der Waals surface area contributed by atoms with Crippen LogP contribution < -0.4 is 18.9 Å². The summed E-state index contributed by atoms with van der Waals surface area (Å²) in [5, 5.41) is 10.7. The van der Waals surface area contributed by atoms with Crippen molar-refractivity contribution in [1.82, 2.24) is 9.97 Å². The van der Waals surface area contributed by atoms with Gasteiger partial charge in [0, 0.05) is 24.5 Å². The van der Waals surface area contributed by atoms with Crippen LogP contribution in [0.25, 0.3) is 34.0 Å². The van der Waals surface area contributed by atoms with E-state index < -0.39 is 5.97 Å². The van der Waals surface area contributed by atoms with Crippen molar-refractivity contribution >= 4 is 45.9 Å². The van der Waals surface area contributed by atoms with Gasteiger partial charge in [0.25, 0.3) is 0 Å². The summed E-state index contributed by atoms with van der Waals surface area (Å²) < 4.78 is 4.53. The first kappa shape index (κ1) is 25.5. The molecule has 0 aliphatic rings. The van der Waals surface area contributed by atoms with Crippen LogP contribution in [0.1, 0.15) is 11.1 Å². The third-order valence-corrected chi connectivity index (χ3v) is 4.24. The van der Waals surface area contributed by atoms with Gasteiger partial charge >= 0.3 is 30.8 Å². The molecule has 0 unspecified atom stereocenters. The molecule has 0 atom stereocenters. The Morgan fingerprint density at radius 1 is 0.839 bits per heavy atom. The zero-order chi connectivity index (χ0) is 20.6. The Kier molecular flexibility index (Phi) is 10.1. The Hall–Kier alpha value is -3.50. The van der Waals surface area contributed by atoms with E-state index in [9.17, 15) is 9.59 Å². The van der Waals surface area contributed by atoms with E-state index in [2.05, 4.69) is 14.7 Å². The summed E-state index contributed by atoms with van der Waals surface area (Å²) in [6, 6.07) is 15.6. The predicted octanol–water partition coefficient (Wildman–Crippen LogP) is 1.45. The normalized spacial score (nSPS) is 10.4. The number of carboxylic acid groups (broad SMARTS) is 1. The Balaban J connectivity index is 0.000000292. The molecule has 0 fully saturated rings. The van der Waals surface area contributed by atoms with Crippen LogP contribution in [0.15, 0.2) is 73.1 Å². The summed E-state index contributed by atoms with van der Waals surface area (Å²) >= 11 is 0. The molecule has 2 aromatic heterocycles. The van der Waals surface area contributed by atoms with Crippen molar-refractivity contribution in [2.75, 3.05) is 7.11 Å². The second kappa shape index (κ2) is 12.3. The number of carbonyl (C=O) groups excluding carboxylic acids is 1. The van der Waals surface area contributed by atoms with E-state index in [1.807, 2.05) is 60.9 Å². The fraction of sp³-hybridized carbons (Fsp3) is 0.0435. The molecule has 4 aromatic rings. The number of methoxy groups -OCH3 is 1. The molecule has 7 nitrogen and oxygen atoms in total. The van der Waals surface area contributed by atoms with Crippen LogP contribution >= 0.6 is 0 Å². The van der Waals surface area contributed by atoms with Crippen molar-refractivity contribution in [3.63, 3.8) is 0 Å². The van der Waals surface area contributed by atoms with Gasteiger partial charge in [0.15, 0.2) is 0 Å². The SMILES string of the molecule is COC(=O)/C=C/c1cccc2cc[nH]c12.O=C(O)/C=C/c1cccc2cc[nH]c12.[Li+].[OH-]. The molecule has 0 radical (unpaired) electrons. The number of fused-ring (bicyclic) bond motifs is 2. The smallest absolute Gasteiger partial charge is 0.870 e. The van der Waals surface area contributed by atoms with E-state index in [0.29, 0.717) is 0 Å².